The normalized spacial score (nSPS) is 8.85. The number of methoxy groups -OCH3 is 1. The van der Waals surface area contributed by atoms with Crippen molar-refractivity contribution >= 4 is 5.97 Å². The van der Waals surface area contributed by atoms with E-state index in [4.69, 9.17) is 0 Å². The molecule has 0 bridgehead atoms. The summed E-state index contributed by atoms with van der Waals surface area (Å²) in [5.74, 6) is 4.50. The van der Waals surface area contributed by atoms with Crippen molar-refractivity contribution in [3.8, 4) is 11.8 Å². The number of ether oxygens (including phenoxy) is 1. The Morgan fingerprint density at radius 3 is 2.69 bits per heavy atom. The van der Waals surface area contributed by atoms with Crippen LogP contribution in [0.5, 0.6) is 0 Å². The zero-order valence-electron chi connectivity index (χ0n) is 7.76. The molecule has 0 aromatic carbocycles. The first-order chi connectivity index (χ1) is 6.15. The molecule has 0 saturated heterocycles. The van der Waals surface area contributed by atoms with Crippen LogP contribution in [0.25, 0.3) is 0 Å². The van der Waals surface area contributed by atoms with Gasteiger partial charge in [-0.2, -0.15) is 5.10 Å². The van der Waals surface area contributed by atoms with Crippen LogP contribution in [0, 0.1) is 25.7 Å². The molecule has 0 fully saturated rings. The second-order valence-electron chi connectivity index (χ2n) is 2.55. The van der Waals surface area contributed by atoms with E-state index in [0.717, 1.165) is 17.0 Å². The van der Waals surface area contributed by atoms with E-state index >= 15 is 0 Å². The summed E-state index contributed by atoms with van der Waals surface area (Å²) in [7, 11) is 1.30. The molecule has 0 aliphatic carbocycles. The Labute approximate surface area is 76.3 Å². The highest BCUT2D eigenvalue weighted by Gasteiger charge is 2.02. The molecule has 1 aromatic rings. The second-order valence-corrected chi connectivity index (χ2v) is 2.55. The average Bonchev–Trinajstić information content (AvgIpc) is 2.43. The largest absolute Gasteiger partial charge is 0.459 e. The van der Waals surface area contributed by atoms with Gasteiger partial charge in [0.2, 0.25) is 0 Å². The van der Waals surface area contributed by atoms with E-state index < -0.39 is 5.97 Å². The zero-order valence-corrected chi connectivity index (χ0v) is 7.76. The van der Waals surface area contributed by atoms with Crippen LogP contribution in [0.1, 0.15) is 17.0 Å². The molecule has 0 radical (unpaired) electrons. The summed E-state index contributed by atoms with van der Waals surface area (Å²) in [4.78, 5) is 10.7. The molecule has 0 saturated carbocycles. The number of esters is 1. The van der Waals surface area contributed by atoms with Crippen molar-refractivity contribution in [2.45, 2.75) is 13.8 Å². The maximum atomic E-state index is 10.7. The van der Waals surface area contributed by atoms with Crippen molar-refractivity contribution < 1.29 is 9.53 Å². The van der Waals surface area contributed by atoms with E-state index in [0.29, 0.717) is 0 Å². The summed E-state index contributed by atoms with van der Waals surface area (Å²) in [5, 5.41) is 6.71. The summed E-state index contributed by atoms with van der Waals surface area (Å²) < 4.78 is 4.39. The SMILES string of the molecule is COC(=O)C#Cc1c(C)n[nH]c1C. The van der Waals surface area contributed by atoms with Gasteiger partial charge in [0.25, 0.3) is 0 Å². The lowest BCUT2D eigenvalue weighted by atomic mass is 10.2. The molecule has 0 atom stereocenters. The lowest BCUT2D eigenvalue weighted by molar-refractivity contribution is -0.133. The number of carbonyl (C=O) groups excluding carboxylic acids is 1. The van der Waals surface area contributed by atoms with Crippen LogP contribution in [-0.2, 0) is 9.53 Å². The Morgan fingerprint density at radius 1 is 1.54 bits per heavy atom. The van der Waals surface area contributed by atoms with Crippen molar-refractivity contribution in [3.63, 3.8) is 0 Å². The van der Waals surface area contributed by atoms with Crippen molar-refractivity contribution in [2.24, 2.45) is 0 Å². The third kappa shape index (κ3) is 2.09. The van der Waals surface area contributed by atoms with Gasteiger partial charge in [-0.1, -0.05) is 5.92 Å². The molecule has 0 spiro atoms. The number of aromatic amines is 1. The Bertz CT molecular complexity index is 363. The lowest BCUT2D eigenvalue weighted by Crippen LogP contribution is -1.94. The number of aryl methyl sites for hydroxylation is 2. The smallest absolute Gasteiger partial charge is 0.384 e. The molecule has 4 nitrogen and oxygen atoms in total. The molecule has 1 aromatic heterocycles. The van der Waals surface area contributed by atoms with Crippen LogP contribution >= 0.6 is 0 Å². The highest BCUT2D eigenvalue weighted by atomic mass is 16.5. The summed E-state index contributed by atoms with van der Waals surface area (Å²) in [6, 6.07) is 0. The summed E-state index contributed by atoms with van der Waals surface area (Å²) >= 11 is 0. The molecule has 0 aliphatic heterocycles. The van der Waals surface area contributed by atoms with Gasteiger partial charge in [0.1, 0.15) is 0 Å². The number of nitrogens with zero attached hydrogens (tertiary/aromatic N) is 1. The van der Waals surface area contributed by atoms with Gasteiger partial charge < -0.3 is 4.74 Å². The van der Waals surface area contributed by atoms with E-state index in [1.54, 1.807) is 0 Å². The first-order valence-electron chi connectivity index (χ1n) is 3.76. The van der Waals surface area contributed by atoms with E-state index in [9.17, 15) is 4.79 Å². The molecular formula is C9H10N2O2. The number of carbonyl (C=O) groups is 1. The molecule has 1 heterocycles. The highest BCUT2D eigenvalue weighted by molar-refractivity contribution is 5.89. The number of nitrogens with one attached hydrogen (secondary N) is 1. The van der Waals surface area contributed by atoms with Gasteiger partial charge in [-0.05, 0) is 13.8 Å². The molecule has 13 heavy (non-hydrogen) atoms. The molecule has 68 valence electrons. The van der Waals surface area contributed by atoms with Crippen LogP contribution in [0.4, 0.5) is 0 Å². The van der Waals surface area contributed by atoms with Crippen LogP contribution < -0.4 is 0 Å². The first-order valence-corrected chi connectivity index (χ1v) is 3.76. The Morgan fingerprint density at radius 2 is 2.23 bits per heavy atom. The number of hydrogen-bond acceptors (Lipinski definition) is 3. The van der Waals surface area contributed by atoms with Gasteiger partial charge in [-0.15, -0.1) is 0 Å². The third-order valence-electron chi connectivity index (χ3n) is 1.60. The van der Waals surface area contributed by atoms with Crippen molar-refractivity contribution in [3.05, 3.63) is 17.0 Å². The van der Waals surface area contributed by atoms with E-state index in [-0.39, 0.29) is 0 Å². The zero-order chi connectivity index (χ0) is 9.84. The van der Waals surface area contributed by atoms with Gasteiger partial charge in [0.15, 0.2) is 0 Å². The van der Waals surface area contributed by atoms with Crippen LogP contribution in [0.15, 0.2) is 0 Å². The molecule has 0 aliphatic rings. The minimum Gasteiger partial charge on any atom is -0.459 e. The third-order valence-corrected chi connectivity index (χ3v) is 1.60. The number of H-pyrrole nitrogens is 1. The topological polar surface area (TPSA) is 55.0 Å². The standard InChI is InChI=1S/C9H10N2O2/c1-6-8(7(2)11-10-6)4-5-9(12)13-3/h1-3H3,(H,10,11). The van der Waals surface area contributed by atoms with Gasteiger partial charge in [-0.3, -0.25) is 5.10 Å². The second kappa shape index (κ2) is 3.76. The summed E-state index contributed by atoms with van der Waals surface area (Å²) in [5.41, 5.74) is 2.40. The van der Waals surface area contributed by atoms with E-state index in [2.05, 4.69) is 26.8 Å². The van der Waals surface area contributed by atoms with E-state index in [1.807, 2.05) is 13.8 Å². The molecule has 4 heteroatoms. The monoisotopic (exact) mass is 178 g/mol. The lowest BCUT2D eigenvalue weighted by Gasteiger charge is -1.87. The Balaban J connectivity index is 2.95. The number of hydrogen-bond donors (Lipinski definition) is 1. The molecule has 1 rings (SSSR count). The van der Waals surface area contributed by atoms with Gasteiger partial charge in [-0.25, -0.2) is 4.79 Å². The van der Waals surface area contributed by atoms with Gasteiger partial charge >= 0.3 is 5.97 Å². The van der Waals surface area contributed by atoms with Crippen LogP contribution in [-0.4, -0.2) is 23.3 Å². The fourth-order valence-electron chi connectivity index (χ4n) is 0.900. The molecule has 1 N–H and O–H groups in total. The maximum absolute atomic E-state index is 10.7. The van der Waals surface area contributed by atoms with Crippen molar-refractivity contribution in [1.82, 2.24) is 10.2 Å². The fourth-order valence-corrected chi connectivity index (χ4v) is 0.900. The Hall–Kier alpha value is -1.76. The maximum Gasteiger partial charge on any atom is 0.384 e. The minimum atomic E-state index is -0.542. The van der Waals surface area contributed by atoms with Gasteiger partial charge in [0, 0.05) is 11.6 Å². The van der Waals surface area contributed by atoms with E-state index in [1.165, 1.54) is 7.11 Å². The number of rotatable bonds is 0. The first kappa shape index (κ1) is 9.33. The molecule has 0 unspecified atom stereocenters. The quantitative estimate of drug-likeness (QED) is 0.466. The van der Waals surface area contributed by atoms with Gasteiger partial charge in [0.05, 0.1) is 18.4 Å². The predicted molar refractivity (Wildman–Crippen MR) is 47.0 cm³/mol. The van der Waals surface area contributed by atoms with Crippen LogP contribution in [0.3, 0.4) is 0 Å². The van der Waals surface area contributed by atoms with Crippen molar-refractivity contribution in [2.75, 3.05) is 7.11 Å². The Kier molecular flexibility index (Phi) is 2.70. The van der Waals surface area contributed by atoms with Crippen LogP contribution in [0.2, 0.25) is 0 Å². The van der Waals surface area contributed by atoms with Crippen molar-refractivity contribution in [1.29, 1.82) is 0 Å². The summed E-state index contributed by atoms with van der Waals surface area (Å²) in [6.07, 6.45) is 0. The molecular weight excluding hydrogens is 168 g/mol. The predicted octanol–water partition coefficient (Wildman–Crippen LogP) is 0.551. The average molecular weight is 178 g/mol. The fraction of sp³-hybridized carbons (Fsp3) is 0.333. The highest BCUT2D eigenvalue weighted by Crippen LogP contribution is 2.06. The minimum absolute atomic E-state index is 0.542. The molecule has 0 amide bonds. The number of aromatic nitrogens is 2. The summed E-state index contributed by atoms with van der Waals surface area (Å²) in [6.45, 7) is 3.67.